The zero-order chi connectivity index (χ0) is 11.3. The first-order valence-corrected chi connectivity index (χ1v) is 6.02. The van der Waals surface area contributed by atoms with Gasteiger partial charge in [-0.3, -0.25) is 4.79 Å². The number of benzene rings is 1. The Balaban J connectivity index is 2.44. The van der Waals surface area contributed by atoms with Crippen LogP contribution in [0.3, 0.4) is 0 Å². The molecule has 0 saturated heterocycles. The van der Waals surface area contributed by atoms with Crippen LogP contribution in [0.25, 0.3) is 0 Å². The predicted molar refractivity (Wildman–Crippen MR) is 66.6 cm³/mol. The molecule has 82 valence electrons. The van der Waals surface area contributed by atoms with Gasteiger partial charge in [-0.15, -0.1) is 0 Å². The number of halogens is 2. The Labute approximate surface area is 103 Å². The van der Waals surface area contributed by atoms with Gasteiger partial charge in [0.25, 0.3) is 0 Å². The summed E-state index contributed by atoms with van der Waals surface area (Å²) in [5, 5.41) is 3.48. The Morgan fingerprint density at radius 2 is 2.33 bits per heavy atom. The normalized spacial score (nSPS) is 12.2. The average Bonchev–Trinajstić information content (AvgIpc) is 2.15. The number of carbonyl (C=O) groups is 1. The highest BCUT2D eigenvalue weighted by Gasteiger charge is 2.04. The summed E-state index contributed by atoms with van der Waals surface area (Å²) in [6.07, 6.45) is 0.375. The highest BCUT2D eigenvalue weighted by atomic mass is 79.9. The third kappa shape index (κ3) is 5.19. The van der Waals surface area contributed by atoms with Gasteiger partial charge < -0.3 is 5.32 Å². The number of carbonyl (C=O) groups excluding carboxylic acids is 1. The van der Waals surface area contributed by atoms with E-state index in [1.54, 1.807) is 12.1 Å². The van der Waals surface area contributed by atoms with Gasteiger partial charge in [-0.1, -0.05) is 46.6 Å². The largest absolute Gasteiger partial charge is 0.355 e. The first kappa shape index (κ1) is 12.5. The maximum absolute atomic E-state index is 11.5. The molecule has 0 saturated carbocycles. The highest BCUT2D eigenvalue weighted by molar-refractivity contribution is 9.09. The Hall–Kier alpha value is -0.540. The van der Waals surface area contributed by atoms with Crippen LogP contribution in [-0.4, -0.2) is 17.3 Å². The third-order valence-electron chi connectivity index (χ3n) is 1.83. The molecule has 2 nitrogen and oxygen atoms in total. The van der Waals surface area contributed by atoms with E-state index in [4.69, 9.17) is 11.6 Å². The molecule has 0 radical (unpaired) electrons. The van der Waals surface area contributed by atoms with Crippen molar-refractivity contribution in [2.45, 2.75) is 18.2 Å². The van der Waals surface area contributed by atoms with Crippen LogP contribution in [0.15, 0.2) is 24.3 Å². The van der Waals surface area contributed by atoms with Crippen molar-refractivity contribution in [3.63, 3.8) is 0 Å². The van der Waals surface area contributed by atoms with Crippen LogP contribution in [0.1, 0.15) is 12.5 Å². The fourth-order valence-electron chi connectivity index (χ4n) is 1.15. The van der Waals surface area contributed by atoms with E-state index in [0.29, 0.717) is 22.8 Å². The lowest BCUT2D eigenvalue weighted by molar-refractivity contribution is -0.120. The monoisotopic (exact) mass is 289 g/mol. The Bertz CT molecular complexity index is 341. The van der Waals surface area contributed by atoms with E-state index in [2.05, 4.69) is 21.2 Å². The fourth-order valence-corrected chi connectivity index (χ4v) is 1.52. The number of hydrogen-bond acceptors (Lipinski definition) is 1. The Morgan fingerprint density at radius 1 is 1.60 bits per heavy atom. The number of nitrogens with one attached hydrogen (secondary N) is 1. The van der Waals surface area contributed by atoms with Crippen LogP contribution < -0.4 is 5.32 Å². The van der Waals surface area contributed by atoms with Crippen LogP contribution in [0.5, 0.6) is 0 Å². The lowest BCUT2D eigenvalue weighted by Crippen LogP contribution is -2.29. The van der Waals surface area contributed by atoms with Crippen LogP contribution in [0.4, 0.5) is 0 Å². The topological polar surface area (TPSA) is 29.1 Å². The molecule has 0 spiro atoms. The Morgan fingerprint density at radius 3 is 2.93 bits per heavy atom. The van der Waals surface area contributed by atoms with Gasteiger partial charge in [-0.2, -0.15) is 0 Å². The molecule has 0 heterocycles. The second-order valence-corrected chi connectivity index (χ2v) is 5.39. The number of amides is 1. The van der Waals surface area contributed by atoms with E-state index in [1.807, 2.05) is 19.1 Å². The summed E-state index contributed by atoms with van der Waals surface area (Å²) in [6, 6.07) is 7.34. The van der Waals surface area contributed by atoms with Crippen molar-refractivity contribution in [2.75, 3.05) is 6.54 Å². The van der Waals surface area contributed by atoms with E-state index < -0.39 is 0 Å². The summed E-state index contributed by atoms with van der Waals surface area (Å²) in [4.78, 5) is 11.7. The van der Waals surface area contributed by atoms with Crippen molar-refractivity contribution in [2.24, 2.45) is 0 Å². The van der Waals surface area contributed by atoms with Gasteiger partial charge in [-0.25, -0.2) is 0 Å². The minimum absolute atomic E-state index is 0.0172. The maximum atomic E-state index is 11.5. The zero-order valence-electron chi connectivity index (χ0n) is 8.47. The van der Waals surface area contributed by atoms with Crippen LogP contribution >= 0.6 is 27.5 Å². The van der Waals surface area contributed by atoms with Crippen LogP contribution in [0, 0.1) is 0 Å². The quantitative estimate of drug-likeness (QED) is 0.849. The molecule has 0 aliphatic carbocycles. The molecule has 1 atom stereocenters. The molecular weight excluding hydrogens is 277 g/mol. The second-order valence-electron chi connectivity index (χ2n) is 3.39. The van der Waals surface area contributed by atoms with Crippen molar-refractivity contribution in [3.05, 3.63) is 34.9 Å². The molecule has 1 aromatic carbocycles. The molecule has 1 amide bonds. The summed E-state index contributed by atoms with van der Waals surface area (Å²) in [6.45, 7) is 2.62. The molecule has 1 rings (SSSR count). The number of rotatable bonds is 4. The summed E-state index contributed by atoms with van der Waals surface area (Å²) in [5.74, 6) is 0.0172. The minimum Gasteiger partial charge on any atom is -0.355 e. The standard InChI is InChI=1S/C11H13BrClNO/c1-8(12)7-14-11(15)6-9-3-2-4-10(13)5-9/h2-5,8H,6-7H2,1H3,(H,14,15). The fraction of sp³-hybridized carbons (Fsp3) is 0.364. The van der Waals surface area contributed by atoms with Gasteiger partial charge in [0.15, 0.2) is 0 Å². The van der Waals surface area contributed by atoms with Crippen molar-refractivity contribution in [3.8, 4) is 0 Å². The van der Waals surface area contributed by atoms with E-state index in [-0.39, 0.29) is 5.91 Å². The van der Waals surface area contributed by atoms with E-state index >= 15 is 0 Å². The summed E-state index contributed by atoms with van der Waals surface area (Å²) in [7, 11) is 0. The van der Waals surface area contributed by atoms with Gasteiger partial charge in [0.05, 0.1) is 6.42 Å². The van der Waals surface area contributed by atoms with Gasteiger partial charge in [0.2, 0.25) is 5.91 Å². The third-order valence-corrected chi connectivity index (χ3v) is 2.39. The van der Waals surface area contributed by atoms with E-state index in [9.17, 15) is 4.79 Å². The van der Waals surface area contributed by atoms with Crippen molar-refractivity contribution in [1.29, 1.82) is 0 Å². The number of hydrogen-bond donors (Lipinski definition) is 1. The Kier molecular flexibility index (Phi) is 5.12. The molecule has 1 N–H and O–H groups in total. The van der Waals surface area contributed by atoms with Gasteiger partial charge >= 0.3 is 0 Å². The molecule has 4 heteroatoms. The first-order chi connectivity index (χ1) is 7.08. The lowest BCUT2D eigenvalue weighted by Gasteiger charge is -2.06. The van der Waals surface area contributed by atoms with Crippen molar-refractivity contribution < 1.29 is 4.79 Å². The van der Waals surface area contributed by atoms with Gasteiger partial charge in [0.1, 0.15) is 0 Å². The molecular formula is C11H13BrClNO. The van der Waals surface area contributed by atoms with Gasteiger partial charge in [0, 0.05) is 16.4 Å². The molecule has 1 aromatic rings. The molecule has 15 heavy (non-hydrogen) atoms. The number of alkyl halides is 1. The maximum Gasteiger partial charge on any atom is 0.224 e. The molecule has 0 aliphatic rings. The molecule has 0 aromatic heterocycles. The van der Waals surface area contributed by atoms with E-state index in [0.717, 1.165) is 5.56 Å². The molecule has 0 bridgehead atoms. The smallest absolute Gasteiger partial charge is 0.224 e. The summed E-state index contributed by atoms with van der Waals surface area (Å²) in [5.41, 5.74) is 0.933. The molecule has 1 unspecified atom stereocenters. The predicted octanol–water partition coefficient (Wildman–Crippen LogP) is 2.78. The second kappa shape index (κ2) is 6.13. The minimum atomic E-state index is 0.0172. The first-order valence-electron chi connectivity index (χ1n) is 4.73. The summed E-state index contributed by atoms with van der Waals surface area (Å²) < 4.78 is 0. The lowest BCUT2D eigenvalue weighted by atomic mass is 10.1. The van der Waals surface area contributed by atoms with Crippen molar-refractivity contribution in [1.82, 2.24) is 5.32 Å². The van der Waals surface area contributed by atoms with Crippen LogP contribution in [-0.2, 0) is 11.2 Å². The average molecular weight is 291 g/mol. The molecule has 0 fully saturated rings. The van der Waals surface area contributed by atoms with E-state index in [1.165, 1.54) is 0 Å². The van der Waals surface area contributed by atoms with Crippen LogP contribution in [0.2, 0.25) is 5.02 Å². The van der Waals surface area contributed by atoms with Crippen molar-refractivity contribution >= 4 is 33.4 Å². The molecule has 0 aliphatic heterocycles. The summed E-state index contributed by atoms with van der Waals surface area (Å²) >= 11 is 9.18. The SMILES string of the molecule is CC(Br)CNC(=O)Cc1cccc(Cl)c1. The highest BCUT2D eigenvalue weighted by Crippen LogP contribution is 2.10. The zero-order valence-corrected chi connectivity index (χ0v) is 10.8. The van der Waals surface area contributed by atoms with Gasteiger partial charge in [-0.05, 0) is 17.7 Å².